The van der Waals surface area contributed by atoms with Crippen LogP contribution in [-0.4, -0.2) is 37.0 Å². The smallest absolute Gasteiger partial charge is 0.0881 e. The van der Waals surface area contributed by atoms with Crippen LogP contribution in [0.15, 0.2) is 24.3 Å². The minimum Gasteiger partial charge on any atom is -0.287 e. The minimum absolute atomic E-state index is 0.399. The molecule has 0 aromatic heterocycles. The number of hydrogen-bond donors (Lipinski definition) is 0. The van der Waals surface area contributed by atoms with Gasteiger partial charge in [0.25, 0.3) is 0 Å². The van der Waals surface area contributed by atoms with Crippen molar-refractivity contribution in [3.8, 4) is 0 Å². The summed E-state index contributed by atoms with van der Waals surface area (Å²) in [5, 5.41) is 0.805. The highest BCUT2D eigenvalue weighted by molar-refractivity contribution is 6.30. The van der Waals surface area contributed by atoms with Gasteiger partial charge in [-0.05, 0) is 38.2 Å². The molecular formula is C12H17ClN2. The van der Waals surface area contributed by atoms with Crippen LogP contribution in [0.1, 0.15) is 18.2 Å². The molecule has 15 heavy (non-hydrogen) atoms. The molecule has 3 heteroatoms. The zero-order valence-corrected chi connectivity index (χ0v) is 10.0. The normalized spacial score (nSPS) is 20.7. The zero-order chi connectivity index (χ0) is 10.8. The van der Waals surface area contributed by atoms with E-state index in [-0.39, 0.29) is 0 Å². The summed E-state index contributed by atoms with van der Waals surface area (Å²) in [6.45, 7) is 2.33. The summed E-state index contributed by atoms with van der Waals surface area (Å²) in [6.07, 6.45) is 1.65. The van der Waals surface area contributed by atoms with Gasteiger partial charge in [-0.1, -0.05) is 23.7 Å². The molecule has 0 spiro atoms. The Morgan fingerprint density at radius 1 is 1.07 bits per heavy atom. The molecule has 1 aromatic carbocycles. The summed E-state index contributed by atoms with van der Waals surface area (Å²) in [6, 6.07) is 8.16. The molecule has 0 amide bonds. The third kappa shape index (κ3) is 2.33. The van der Waals surface area contributed by atoms with Gasteiger partial charge in [0.1, 0.15) is 0 Å². The predicted octanol–water partition coefficient (Wildman–Crippen LogP) is 2.61. The standard InChI is InChI=1S/C12H17ClN2/c1-14-8-3-9-15(2)12(14)10-4-6-11(13)7-5-10/h4-7,12H,3,8-9H2,1-2H3. The highest BCUT2D eigenvalue weighted by Crippen LogP contribution is 2.27. The van der Waals surface area contributed by atoms with E-state index in [2.05, 4.69) is 36.0 Å². The molecule has 0 radical (unpaired) electrons. The van der Waals surface area contributed by atoms with Crippen LogP contribution in [0.25, 0.3) is 0 Å². The first-order chi connectivity index (χ1) is 7.18. The molecule has 1 aromatic rings. The van der Waals surface area contributed by atoms with E-state index in [4.69, 9.17) is 11.6 Å². The Kier molecular flexibility index (Phi) is 3.29. The molecule has 2 rings (SSSR count). The maximum Gasteiger partial charge on any atom is 0.0881 e. The molecular weight excluding hydrogens is 208 g/mol. The average molecular weight is 225 g/mol. The van der Waals surface area contributed by atoms with E-state index < -0.39 is 0 Å². The van der Waals surface area contributed by atoms with Gasteiger partial charge in [0.05, 0.1) is 6.17 Å². The van der Waals surface area contributed by atoms with Gasteiger partial charge < -0.3 is 0 Å². The summed E-state index contributed by atoms with van der Waals surface area (Å²) >= 11 is 5.90. The summed E-state index contributed by atoms with van der Waals surface area (Å²) in [7, 11) is 4.35. The lowest BCUT2D eigenvalue weighted by atomic mass is 10.1. The number of benzene rings is 1. The van der Waals surface area contributed by atoms with Gasteiger partial charge in [-0.2, -0.15) is 0 Å². The third-order valence-electron chi connectivity index (χ3n) is 3.02. The first kappa shape index (κ1) is 10.9. The minimum atomic E-state index is 0.399. The van der Waals surface area contributed by atoms with Gasteiger partial charge in [0.2, 0.25) is 0 Å². The van der Waals surface area contributed by atoms with Crippen LogP contribution in [-0.2, 0) is 0 Å². The molecule has 0 atom stereocenters. The molecule has 82 valence electrons. The fourth-order valence-corrected chi connectivity index (χ4v) is 2.42. The van der Waals surface area contributed by atoms with Crippen molar-refractivity contribution in [2.75, 3.05) is 27.2 Å². The highest BCUT2D eigenvalue weighted by Gasteiger charge is 2.24. The van der Waals surface area contributed by atoms with Crippen molar-refractivity contribution in [2.45, 2.75) is 12.6 Å². The maximum absolute atomic E-state index is 5.90. The largest absolute Gasteiger partial charge is 0.287 e. The lowest BCUT2D eigenvalue weighted by molar-refractivity contribution is 0.0415. The number of rotatable bonds is 1. The molecule has 1 aliphatic heterocycles. The van der Waals surface area contributed by atoms with Crippen LogP contribution >= 0.6 is 11.6 Å². The average Bonchev–Trinajstić information content (AvgIpc) is 2.20. The van der Waals surface area contributed by atoms with Gasteiger partial charge in [-0.15, -0.1) is 0 Å². The number of nitrogens with zero attached hydrogens (tertiary/aromatic N) is 2. The first-order valence-electron chi connectivity index (χ1n) is 5.34. The maximum atomic E-state index is 5.90. The van der Waals surface area contributed by atoms with Gasteiger partial charge in [-0.3, -0.25) is 9.80 Å². The van der Waals surface area contributed by atoms with E-state index >= 15 is 0 Å². The van der Waals surface area contributed by atoms with Crippen molar-refractivity contribution in [1.29, 1.82) is 0 Å². The van der Waals surface area contributed by atoms with Crippen molar-refractivity contribution < 1.29 is 0 Å². The van der Waals surface area contributed by atoms with Gasteiger partial charge in [0.15, 0.2) is 0 Å². The van der Waals surface area contributed by atoms with Crippen LogP contribution in [0, 0.1) is 0 Å². The Hall–Kier alpha value is -0.570. The van der Waals surface area contributed by atoms with E-state index in [1.807, 2.05) is 12.1 Å². The van der Waals surface area contributed by atoms with Crippen molar-refractivity contribution in [2.24, 2.45) is 0 Å². The Balaban J connectivity index is 2.23. The van der Waals surface area contributed by atoms with E-state index in [0.29, 0.717) is 6.17 Å². The van der Waals surface area contributed by atoms with Crippen LogP contribution in [0.4, 0.5) is 0 Å². The summed E-state index contributed by atoms with van der Waals surface area (Å²) in [4.78, 5) is 4.76. The quantitative estimate of drug-likeness (QED) is 0.724. The summed E-state index contributed by atoms with van der Waals surface area (Å²) in [5.74, 6) is 0. The Labute approximate surface area is 96.4 Å². The van der Waals surface area contributed by atoms with Crippen molar-refractivity contribution in [3.05, 3.63) is 34.9 Å². The van der Waals surface area contributed by atoms with E-state index in [0.717, 1.165) is 18.1 Å². The molecule has 1 aliphatic rings. The van der Waals surface area contributed by atoms with Gasteiger partial charge in [0, 0.05) is 18.1 Å². The summed E-state index contributed by atoms with van der Waals surface area (Å²) in [5.41, 5.74) is 1.32. The van der Waals surface area contributed by atoms with Gasteiger partial charge >= 0.3 is 0 Å². The van der Waals surface area contributed by atoms with E-state index in [1.54, 1.807) is 0 Å². The fourth-order valence-electron chi connectivity index (χ4n) is 2.29. The second-order valence-electron chi connectivity index (χ2n) is 4.24. The second-order valence-corrected chi connectivity index (χ2v) is 4.68. The van der Waals surface area contributed by atoms with Crippen molar-refractivity contribution >= 4 is 11.6 Å². The molecule has 0 N–H and O–H groups in total. The van der Waals surface area contributed by atoms with Gasteiger partial charge in [-0.25, -0.2) is 0 Å². The third-order valence-corrected chi connectivity index (χ3v) is 3.28. The Bertz CT molecular complexity index is 313. The second kappa shape index (κ2) is 4.52. The number of halogens is 1. The fraction of sp³-hybridized carbons (Fsp3) is 0.500. The first-order valence-corrected chi connectivity index (χ1v) is 5.72. The Morgan fingerprint density at radius 2 is 1.60 bits per heavy atom. The predicted molar refractivity (Wildman–Crippen MR) is 64.1 cm³/mol. The Morgan fingerprint density at radius 3 is 2.13 bits per heavy atom. The highest BCUT2D eigenvalue weighted by atomic mass is 35.5. The molecule has 2 nitrogen and oxygen atoms in total. The van der Waals surface area contributed by atoms with Crippen molar-refractivity contribution in [1.82, 2.24) is 9.80 Å². The SMILES string of the molecule is CN1CCCN(C)C1c1ccc(Cl)cc1. The van der Waals surface area contributed by atoms with Crippen LogP contribution in [0.2, 0.25) is 5.02 Å². The molecule has 0 aliphatic carbocycles. The summed E-state index contributed by atoms with van der Waals surface area (Å²) < 4.78 is 0. The molecule has 1 heterocycles. The lowest BCUT2D eigenvalue weighted by Crippen LogP contribution is -2.43. The molecule has 1 saturated heterocycles. The van der Waals surface area contributed by atoms with E-state index in [1.165, 1.54) is 12.0 Å². The monoisotopic (exact) mass is 224 g/mol. The van der Waals surface area contributed by atoms with Crippen LogP contribution in [0.5, 0.6) is 0 Å². The lowest BCUT2D eigenvalue weighted by Gasteiger charge is -2.40. The molecule has 1 fully saturated rings. The van der Waals surface area contributed by atoms with E-state index in [9.17, 15) is 0 Å². The zero-order valence-electron chi connectivity index (χ0n) is 9.28. The molecule has 0 saturated carbocycles. The van der Waals surface area contributed by atoms with Crippen molar-refractivity contribution in [3.63, 3.8) is 0 Å². The molecule has 0 bridgehead atoms. The van der Waals surface area contributed by atoms with Crippen LogP contribution in [0.3, 0.4) is 0 Å². The topological polar surface area (TPSA) is 6.48 Å². The van der Waals surface area contributed by atoms with Crippen LogP contribution < -0.4 is 0 Å². The number of hydrogen-bond acceptors (Lipinski definition) is 2. The molecule has 0 unspecified atom stereocenters.